The summed E-state index contributed by atoms with van der Waals surface area (Å²) in [4.78, 5) is 72.4. The minimum absolute atomic E-state index is 0.104. The zero-order valence-corrected chi connectivity index (χ0v) is 58.4. The molecule has 0 bridgehead atoms. The van der Waals surface area contributed by atoms with Gasteiger partial charge in [-0.3, -0.25) is 37.3 Å². The summed E-state index contributed by atoms with van der Waals surface area (Å²) >= 11 is 0. The van der Waals surface area contributed by atoms with E-state index in [0.717, 1.165) is 120 Å². The molecule has 0 rings (SSSR count). The maximum atomic E-state index is 13.0. The van der Waals surface area contributed by atoms with Gasteiger partial charge in [-0.25, -0.2) is 9.13 Å². The molecule has 0 saturated carbocycles. The van der Waals surface area contributed by atoms with Gasteiger partial charge in [-0.2, -0.15) is 0 Å². The predicted octanol–water partition coefficient (Wildman–Crippen LogP) is 18.9. The Morgan fingerprint density at radius 2 is 0.552 bits per heavy atom. The van der Waals surface area contributed by atoms with Crippen LogP contribution in [0.5, 0.6) is 0 Å². The lowest BCUT2D eigenvalue weighted by Crippen LogP contribution is -2.30. The van der Waals surface area contributed by atoms with Crippen molar-refractivity contribution in [3.8, 4) is 0 Å². The summed E-state index contributed by atoms with van der Waals surface area (Å²) in [6.07, 6.45) is 38.9. The summed E-state index contributed by atoms with van der Waals surface area (Å²) in [7, 11) is -9.90. The molecule has 0 aromatic rings. The van der Waals surface area contributed by atoms with Gasteiger partial charge < -0.3 is 33.8 Å². The maximum Gasteiger partial charge on any atom is 0.472 e. The highest BCUT2D eigenvalue weighted by Crippen LogP contribution is 2.45. The number of hydrogen-bond donors (Lipinski definition) is 3. The van der Waals surface area contributed by atoms with Gasteiger partial charge in [-0.05, 0) is 49.4 Å². The fourth-order valence-corrected chi connectivity index (χ4v) is 11.7. The van der Waals surface area contributed by atoms with Crippen LogP contribution in [0.1, 0.15) is 331 Å². The highest BCUT2D eigenvalue weighted by molar-refractivity contribution is 7.47. The number of carbonyl (C=O) groups is 4. The molecule has 0 radical (unpaired) electrons. The van der Waals surface area contributed by atoms with Crippen molar-refractivity contribution in [2.45, 2.75) is 350 Å². The first-order chi connectivity index (χ1) is 41.7. The summed E-state index contributed by atoms with van der Waals surface area (Å²) in [6.45, 7) is 14.1. The third-order valence-electron chi connectivity index (χ3n) is 16.3. The SMILES string of the molecule is CCC(C)CCCCCCCCCCCCC(=O)O[C@H](COC(=O)CCCCCCCCCCC(C)C)COP(=O)(O)OCC(O)COP(=O)(O)OC[C@@H](COC(=O)CCCCCCCCC(C)CC)OC(=O)CCCCCCCCCCCC(C)C. The molecule has 0 heterocycles. The molecule has 0 aliphatic rings. The van der Waals surface area contributed by atoms with Crippen LogP contribution in [0, 0.1) is 23.7 Å². The van der Waals surface area contributed by atoms with E-state index in [1.807, 2.05) is 0 Å². The van der Waals surface area contributed by atoms with Crippen LogP contribution in [0.2, 0.25) is 0 Å². The van der Waals surface area contributed by atoms with Gasteiger partial charge in [-0.1, -0.05) is 280 Å². The van der Waals surface area contributed by atoms with E-state index in [9.17, 15) is 43.2 Å². The van der Waals surface area contributed by atoms with Crippen LogP contribution >= 0.6 is 15.6 Å². The molecule has 0 aromatic heterocycles. The number of carbonyl (C=O) groups excluding carboxylic acids is 4. The molecule has 0 aliphatic heterocycles. The molecule has 516 valence electrons. The third-order valence-corrected chi connectivity index (χ3v) is 18.2. The Kier molecular flexibility index (Phi) is 56.6. The Balaban J connectivity index is 5.27. The van der Waals surface area contributed by atoms with Crippen molar-refractivity contribution in [3.05, 3.63) is 0 Å². The molecule has 3 N–H and O–H groups in total. The fraction of sp³-hybridized carbons (Fsp3) is 0.941. The zero-order valence-electron chi connectivity index (χ0n) is 56.6. The number of ether oxygens (including phenoxy) is 4. The number of hydrogen-bond acceptors (Lipinski definition) is 15. The topological polar surface area (TPSA) is 237 Å². The second-order valence-electron chi connectivity index (χ2n) is 26.0. The molecule has 0 fully saturated rings. The first-order valence-corrected chi connectivity index (χ1v) is 38.3. The number of aliphatic hydroxyl groups excluding tert-OH is 1. The molecular weight excluding hydrogens is 1150 g/mol. The third kappa shape index (κ3) is 60.1. The molecule has 0 saturated heterocycles. The Morgan fingerprint density at radius 3 is 0.816 bits per heavy atom. The van der Waals surface area contributed by atoms with E-state index in [1.54, 1.807) is 0 Å². The minimum Gasteiger partial charge on any atom is -0.462 e. The van der Waals surface area contributed by atoms with Crippen LogP contribution in [0.15, 0.2) is 0 Å². The van der Waals surface area contributed by atoms with Gasteiger partial charge in [-0.15, -0.1) is 0 Å². The van der Waals surface area contributed by atoms with Crippen molar-refractivity contribution < 1.29 is 80.2 Å². The smallest absolute Gasteiger partial charge is 0.462 e. The fourth-order valence-electron chi connectivity index (χ4n) is 10.1. The number of rotatable bonds is 65. The van der Waals surface area contributed by atoms with E-state index < -0.39 is 97.5 Å². The lowest BCUT2D eigenvalue weighted by molar-refractivity contribution is -0.161. The standard InChI is InChI=1S/C68H132O17P2/c1-9-60(7)46-38-30-22-15-11-12-16-24-34-42-50-67(72)84-63(54-78-65(70)48-40-32-23-19-18-21-29-37-45-59(5)6)56-82-86(74,75)80-52-62(69)53-81-87(76,77)83-57-64(55-79-66(71)49-41-33-27-26-31-39-47-61(8)10-2)85-68(73)51-43-35-25-17-13-14-20-28-36-44-58(3)4/h58-64,69H,9-57H2,1-8H3,(H,74,75)(H,76,77)/t60?,61?,62?,63-,64-/m1/s1. The van der Waals surface area contributed by atoms with E-state index in [4.69, 9.17) is 37.0 Å². The summed E-state index contributed by atoms with van der Waals surface area (Å²) in [5, 5.41) is 10.6. The van der Waals surface area contributed by atoms with Crippen molar-refractivity contribution in [2.75, 3.05) is 39.6 Å². The summed E-state index contributed by atoms with van der Waals surface area (Å²) in [5.74, 6) is 0.863. The minimum atomic E-state index is -4.95. The van der Waals surface area contributed by atoms with Crippen LogP contribution < -0.4 is 0 Å². The molecule has 17 nitrogen and oxygen atoms in total. The Hall–Kier alpha value is -1.94. The first-order valence-electron chi connectivity index (χ1n) is 35.3. The molecular formula is C68H132O17P2. The van der Waals surface area contributed by atoms with Crippen LogP contribution in [-0.4, -0.2) is 96.7 Å². The van der Waals surface area contributed by atoms with Gasteiger partial charge in [0.05, 0.1) is 26.4 Å². The van der Waals surface area contributed by atoms with Crippen molar-refractivity contribution in [3.63, 3.8) is 0 Å². The van der Waals surface area contributed by atoms with Crippen LogP contribution in [-0.2, 0) is 65.4 Å². The van der Waals surface area contributed by atoms with E-state index in [1.165, 1.54) is 128 Å². The highest BCUT2D eigenvalue weighted by Gasteiger charge is 2.30. The van der Waals surface area contributed by atoms with E-state index in [0.29, 0.717) is 25.7 Å². The average Bonchev–Trinajstić information content (AvgIpc) is 3.69. The molecule has 0 amide bonds. The zero-order chi connectivity index (χ0) is 64.7. The largest absolute Gasteiger partial charge is 0.472 e. The molecule has 19 heteroatoms. The van der Waals surface area contributed by atoms with Crippen molar-refractivity contribution >= 4 is 39.5 Å². The molecule has 0 aliphatic carbocycles. The van der Waals surface area contributed by atoms with Gasteiger partial charge >= 0.3 is 39.5 Å². The first kappa shape index (κ1) is 85.1. The van der Waals surface area contributed by atoms with Crippen molar-refractivity contribution in [2.24, 2.45) is 23.7 Å². The Morgan fingerprint density at radius 1 is 0.322 bits per heavy atom. The van der Waals surface area contributed by atoms with E-state index in [2.05, 4.69) is 55.4 Å². The van der Waals surface area contributed by atoms with Crippen LogP contribution in [0.25, 0.3) is 0 Å². The van der Waals surface area contributed by atoms with Crippen molar-refractivity contribution in [1.82, 2.24) is 0 Å². The second kappa shape index (κ2) is 57.9. The Bertz CT molecular complexity index is 1730. The van der Waals surface area contributed by atoms with Gasteiger partial charge in [0, 0.05) is 25.7 Å². The van der Waals surface area contributed by atoms with Gasteiger partial charge in [0.25, 0.3) is 0 Å². The number of aliphatic hydroxyl groups is 1. The van der Waals surface area contributed by atoms with Crippen LogP contribution in [0.4, 0.5) is 0 Å². The average molecular weight is 1280 g/mol. The molecule has 7 atom stereocenters. The normalized spacial score (nSPS) is 15.0. The summed E-state index contributed by atoms with van der Waals surface area (Å²) in [6, 6.07) is 0. The van der Waals surface area contributed by atoms with E-state index in [-0.39, 0.29) is 25.7 Å². The molecule has 0 aromatic carbocycles. The monoisotopic (exact) mass is 1280 g/mol. The van der Waals surface area contributed by atoms with Gasteiger partial charge in [0.15, 0.2) is 12.2 Å². The summed E-state index contributed by atoms with van der Waals surface area (Å²) < 4.78 is 68.2. The van der Waals surface area contributed by atoms with Crippen molar-refractivity contribution in [1.29, 1.82) is 0 Å². The number of unbranched alkanes of at least 4 members (excludes halogenated alkanes) is 29. The summed E-state index contributed by atoms with van der Waals surface area (Å²) in [5.41, 5.74) is 0. The van der Waals surface area contributed by atoms with Gasteiger partial charge in [0.2, 0.25) is 0 Å². The maximum absolute atomic E-state index is 13.0. The second-order valence-corrected chi connectivity index (χ2v) is 28.9. The highest BCUT2D eigenvalue weighted by atomic mass is 31.2. The quantitative estimate of drug-likeness (QED) is 0.0222. The number of phosphoric acid groups is 2. The van der Waals surface area contributed by atoms with Gasteiger partial charge in [0.1, 0.15) is 19.3 Å². The molecule has 5 unspecified atom stereocenters. The predicted molar refractivity (Wildman–Crippen MR) is 349 cm³/mol. The molecule has 87 heavy (non-hydrogen) atoms. The molecule has 0 spiro atoms. The van der Waals surface area contributed by atoms with Crippen LogP contribution in [0.3, 0.4) is 0 Å². The lowest BCUT2D eigenvalue weighted by Gasteiger charge is -2.21. The number of phosphoric ester groups is 2. The Labute approximate surface area is 530 Å². The van der Waals surface area contributed by atoms with E-state index >= 15 is 0 Å². The lowest BCUT2D eigenvalue weighted by atomic mass is 9.99. The number of esters is 4.